The molecule has 0 bridgehead atoms. The number of rotatable bonds is 6. The number of carbonyl (C=O) groups is 1. The summed E-state index contributed by atoms with van der Waals surface area (Å²) in [6.45, 7) is 5.28. The average molecular weight is 390 g/mol. The zero-order valence-electron chi connectivity index (χ0n) is 16.9. The quantitative estimate of drug-likeness (QED) is 0.824. The van der Waals surface area contributed by atoms with E-state index in [-0.39, 0.29) is 18.5 Å². The number of hydrogen-bond acceptors (Lipinski definition) is 3. The highest BCUT2D eigenvalue weighted by molar-refractivity contribution is 5.93. The second-order valence-corrected chi connectivity index (χ2v) is 8.08. The number of nitrogens with one attached hydrogen (secondary N) is 1. The minimum atomic E-state index is -0.834. The van der Waals surface area contributed by atoms with Crippen LogP contribution in [0.15, 0.2) is 18.2 Å². The standard InChI is InChI=1S/C21H28F2N4O/c1-13(2)12-27-18-9-8-15(10-16(18)20(25-27)21(28)26(3)4)24-11-14-6-5-7-17(22)19(14)23/h5-7,13,15,24H,8-12H2,1-4H3. The van der Waals surface area contributed by atoms with Crippen LogP contribution in [0.3, 0.4) is 0 Å². The van der Waals surface area contributed by atoms with E-state index < -0.39 is 11.6 Å². The monoisotopic (exact) mass is 390 g/mol. The number of fused-ring (bicyclic) bond motifs is 1. The van der Waals surface area contributed by atoms with Crippen molar-refractivity contribution in [2.24, 2.45) is 5.92 Å². The molecule has 0 aliphatic heterocycles. The summed E-state index contributed by atoms with van der Waals surface area (Å²) in [7, 11) is 3.45. The lowest BCUT2D eigenvalue weighted by Crippen LogP contribution is -2.35. The first-order chi connectivity index (χ1) is 13.3. The van der Waals surface area contributed by atoms with Gasteiger partial charge in [0, 0.05) is 50.0 Å². The zero-order chi connectivity index (χ0) is 20.4. The van der Waals surface area contributed by atoms with Gasteiger partial charge in [0.15, 0.2) is 17.3 Å². The number of hydrogen-bond donors (Lipinski definition) is 1. The van der Waals surface area contributed by atoms with Crippen LogP contribution in [-0.2, 0) is 25.9 Å². The van der Waals surface area contributed by atoms with Crippen LogP contribution in [0.5, 0.6) is 0 Å². The van der Waals surface area contributed by atoms with Gasteiger partial charge in [-0.1, -0.05) is 26.0 Å². The third-order valence-corrected chi connectivity index (χ3v) is 5.11. The van der Waals surface area contributed by atoms with Crippen LogP contribution in [-0.4, -0.2) is 40.7 Å². The van der Waals surface area contributed by atoms with E-state index >= 15 is 0 Å². The van der Waals surface area contributed by atoms with E-state index in [2.05, 4.69) is 24.3 Å². The maximum Gasteiger partial charge on any atom is 0.274 e. The Hall–Kier alpha value is -2.28. The van der Waals surface area contributed by atoms with Crippen molar-refractivity contribution in [1.29, 1.82) is 0 Å². The van der Waals surface area contributed by atoms with Gasteiger partial charge in [0.2, 0.25) is 0 Å². The summed E-state index contributed by atoms with van der Waals surface area (Å²) < 4.78 is 29.3. The lowest BCUT2D eigenvalue weighted by molar-refractivity contribution is 0.0819. The predicted molar refractivity (Wildman–Crippen MR) is 104 cm³/mol. The molecular formula is C21H28F2N4O. The molecule has 3 rings (SSSR count). The summed E-state index contributed by atoms with van der Waals surface area (Å²) in [5, 5.41) is 7.94. The Balaban J connectivity index is 1.80. The Morgan fingerprint density at radius 1 is 1.36 bits per heavy atom. The second kappa shape index (κ2) is 8.39. The molecule has 0 saturated heterocycles. The van der Waals surface area contributed by atoms with Crippen LogP contribution in [0.2, 0.25) is 0 Å². The van der Waals surface area contributed by atoms with Crippen molar-refractivity contribution in [2.75, 3.05) is 14.1 Å². The van der Waals surface area contributed by atoms with Crippen molar-refractivity contribution in [1.82, 2.24) is 20.0 Å². The Morgan fingerprint density at radius 2 is 2.11 bits per heavy atom. The van der Waals surface area contributed by atoms with Gasteiger partial charge in [-0.3, -0.25) is 9.48 Å². The average Bonchev–Trinajstić information content (AvgIpc) is 2.99. The van der Waals surface area contributed by atoms with E-state index in [1.807, 2.05) is 4.68 Å². The molecule has 1 heterocycles. The summed E-state index contributed by atoms with van der Waals surface area (Å²) >= 11 is 0. The maximum absolute atomic E-state index is 13.9. The van der Waals surface area contributed by atoms with Gasteiger partial charge in [0.05, 0.1) is 0 Å². The van der Waals surface area contributed by atoms with Crippen LogP contribution in [0, 0.1) is 17.6 Å². The Bertz CT molecular complexity index is 860. The fourth-order valence-corrected chi connectivity index (χ4v) is 3.68. The molecule has 1 aromatic carbocycles. The minimum absolute atomic E-state index is 0.0839. The number of nitrogens with zero attached hydrogens (tertiary/aromatic N) is 3. The summed E-state index contributed by atoms with van der Waals surface area (Å²) in [5.74, 6) is -1.31. The largest absolute Gasteiger partial charge is 0.343 e. The highest BCUT2D eigenvalue weighted by Crippen LogP contribution is 2.27. The van der Waals surface area contributed by atoms with E-state index in [1.54, 1.807) is 25.1 Å². The minimum Gasteiger partial charge on any atom is -0.343 e. The van der Waals surface area contributed by atoms with Crippen LogP contribution in [0.4, 0.5) is 8.78 Å². The molecule has 5 nitrogen and oxygen atoms in total. The lowest BCUT2D eigenvalue weighted by Gasteiger charge is -2.25. The molecule has 152 valence electrons. The van der Waals surface area contributed by atoms with Crippen LogP contribution in [0.1, 0.15) is 47.6 Å². The predicted octanol–water partition coefficient (Wildman–Crippen LogP) is 3.17. The fourth-order valence-electron chi connectivity index (χ4n) is 3.68. The highest BCUT2D eigenvalue weighted by atomic mass is 19.2. The molecule has 0 spiro atoms. The molecule has 1 amide bonds. The fraction of sp³-hybridized carbons (Fsp3) is 0.524. The van der Waals surface area contributed by atoms with Gasteiger partial charge in [-0.2, -0.15) is 5.10 Å². The maximum atomic E-state index is 13.9. The first-order valence-corrected chi connectivity index (χ1v) is 9.74. The Morgan fingerprint density at radius 3 is 2.79 bits per heavy atom. The first-order valence-electron chi connectivity index (χ1n) is 9.74. The number of benzene rings is 1. The van der Waals surface area contributed by atoms with Crippen LogP contribution >= 0.6 is 0 Å². The van der Waals surface area contributed by atoms with Gasteiger partial charge in [0.25, 0.3) is 5.91 Å². The molecule has 1 unspecified atom stereocenters. The van der Waals surface area contributed by atoms with Crippen molar-refractivity contribution in [2.45, 2.75) is 52.2 Å². The summed E-state index contributed by atoms with van der Waals surface area (Å²) in [6.07, 6.45) is 2.32. The molecular weight excluding hydrogens is 362 g/mol. The van der Waals surface area contributed by atoms with E-state index in [1.165, 1.54) is 6.07 Å². The molecule has 1 atom stereocenters. The van der Waals surface area contributed by atoms with Gasteiger partial charge in [-0.25, -0.2) is 8.78 Å². The van der Waals surface area contributed by atoms with E-state index in [4.69, 9.17) is 0 Å². The smallest absolute Gasteiger partial charge is 0.274 e. The third-order valence-electron chi connectivity index (χ3n) is 5.11. The van der Waals surface area contributed by atoms with Crippen LogP contribution in [0.25, 0.3) is 0 Å². The molecule has 0 fully saturated rings. The summed E-state index contributed by atoms with van der Waals surface area (Å²) in [6, 6.07) is 4.30. The molecule has 1 aliphatic rings. The van der Waals surface area contributed by atoms with E-state index in [0.717, 1.165) is 36.7 Å². The molecule has 1 N–H and O–H groups in total. The first kappa shape index (κ1) is 20.5. The van der Waals surface area contributed by atoms with E-state index in [9.17, 15) is 13.6 Å². The number of carbonyl (C=O) groups excluding carboxylic acids is 1. The van der Waals surface area contributed by atoms with Crippen molar-refractivity contribution in [3.8, 4) is 0 Å². The number of halogens is 2. The molecule has 1 aromatic heterocycles. The Labute approximate surface area is 164 Å². The third kappa shape index (κ3) is 4.24. The van der Waals surface area contributed by atoms with Gasteiger partial charge >= 0.3 is 0 Å². The van der Waals surface area contributed by atoms with Gasteiger partial charge in [-0.05, 0) is 31.2 Å². The van der Waals surface area contributed by atoms with Crippen molar-refractivity contribution in [3.63, 3.8) is 0 Å². The Kier molecular flexibility index (Phi) is 6.13. The van der Waals surface area contributed by atoms with Crippen molar-refractivity contribution < 1.29 is 13.6 Å². The SMILES string of the molecule is CC(C)Cn1nc(C(=O)N(C)C)c2c1CCC(NCc1cccc(F)c1F)C2. The normalized spacial score (nSPS) is 16.3. The molecule has 2 aromatic rings. The zero-order valence-corrected chi connectivity index (χ0v) is 16.9. The van der Waals surface area contributed by atoms with Crippen molar-refractivity contribution >= 4 is 5.91 Å². The molecule has 1 aliphatic carbocycles. The van der Waals surface area contributed by atoms with Crippen LogP contribution < -0.4 is 5.32 Å². The van der Waals surface area contributed by atoms with Gasteiger partial charge in [0.1, 0.15) is 0 Å². The lowest BCUT2D eigenvalue weighted by atomic mass is 9.90. The molecule has 0 radical (unpaired) electrons. The molecule has 0 saturated carbocycles. The van der Waals surface area contributed by atoms with Crippen molar-refractivity contribution in [3.05, 3.63) is 52.3 Å². The number of amides is 1. The van der Waals surface area contributed by atoms with E-state index in [0.29, 0.717) is 23.6 Å². The highest BCUT2D eigenvalue weighted by Gasteiger charge is 2.30. The number of aromatic nitrogens is 2. The topological polar surface area (TPSA) is 50.2 Å². The second-order valence-electron chi connectivity index (χ2n) is 8.08. The van der Waals surface area contributed by atoms with Gasteiger partial charge < -0.3 is 10.2 Å². The molecule has 28 heavy (non-hydrogen) atoms. The summed E-state index contributed by atoms with van der Waals surface area (Å²) in [4.78, 5) is 14.2. The summed E-state index contributed by atoms with van der Waals surface area (Å²) in [5.41, 5.74) is 2.91. The van der Waals surface area contributed by atoms with Gasteiger partial charge in [-0.15, -0.1) is 0 Å². The molecule has 7 heteroatoms.